The van der Waals surface area contributed by atoms with E-state index in [9.17, 15) is 23.2 Å². The summed E-state index contributed by atoms with van der Waals surface area (Å²) in [7, 11) is 1.48. The Bertz CT molecular complexity index is 791. The number of hydrogen-bond donors (Lipinski definition) is 0. The SMILES string of the molecule is Cn1c(C(=O)[C@H](C#N)c2ccc(C(F)(F)F)cn2)cc(Cl)c1Cl. The van der Waals surface area contributed by atoms with Crippen LogP contribution in [0, 0.1) is 11.3 Å². The lowest BCUT2D eigenvalue weighted by Crippen LogP contribution is -2.16. The maximum atomic E-state index is 12.5. The van der Waals surface area contributed by atoms with Gasteiger partial charge in [-0.2, -0.15) is 18.4 Å². The average Bonchev–Trinajstić information content (AvgIpc) is 2.75. The van der Waals surface area contributed by atoms with Crippen LogP contribution in [0.5, 0.6) is 0 Å². The molecule has 4 nitrogen and oxygen atoms in total. The van der Waals surface area contributed by atoms with Crippen molar-refractivity contribution < 1.29 is 18.0 Å². The first-order valence-corrected chi connectivity index (χ1v) is 6.90. The third-order valence-electron chi connectivity index (χ3n) is 3.17. The van der Waals surface area contributed by atoms with Crippen molar-refractivity contribution in [1.82, 2.24) is 9.55 Å². The molecule has 0 aliphatic carbocycles. The number of nitriles is 1. The molecule has 0 saturated heterocycles. The fraction of sp³-hybridized carbons (Fsp3) is 0.214. The van der Waals surface area contributed by atoms with E-state index in [-0.39, 0.29) is 21.6 Å². The van der Waals surface area contributed by atoms with Gasteiger partial charge in [0.15, 0.2) is 5.92 Å². The van der Waals surface area contributed by atoms with Crippen molar-refractivity contribution in [3.05, 3.63) is 51.5 Å². The number of nitrogens with zero attached hydrogens (tertiary/aromatic N) is 3. The zero-order chi connectivity index (χ0) is 17.4. The molecular formula is C14H8Cl2F3N3O. The van der Waals surface area contributed by atoms with Crippen LogP contribution in [0.2, 0.25) is 10.2 Å². The summed E-state index contributed by atoms with van der Waals surface area (Å²) >= 11 is 11.7. The molecule has 0 unspecified atom stereocenters. The molecule has 23 heavy (non-hydrogen) atoms. The molecule has 1 atom stereocenters. The summed E-state index contributed by atoms with van der Waals surface area (Å²) in [4.78, 5) is 16.0. The van der Waals surface area contributed by atoms with Gasteiger partial charge in [-0.25, -0.2) is 0 Å². The first kappa shape index (κ1) is 17.3. The second kappa shape index (κ2) is 6.22. The number of ketones is 1. The number of carbonyl (C=O) groups is 1. The molecule has 2 aromatic heterocycles. The second-order valence-corrected chi connectivity index (χ2v) is 5.39. The maximum absolute atomic E-state index is 12.5. The van der Waals surface area contributed by atoms with Gasteiger partial charge in [-0.3, -0.25) is 9.78 Å². The molecule has 0 aromatic carbocycles. The van der Waals surface area contributed by atoms with E-state index in [0.717, 1.165) is 12.1 Å². The van der Waals surface area contributed by atoms with E-state index in [1.54, 1.807) is 6.07 Å². The van der Waals surface area contributed by atoms with Crippen LogP contribution in [-0.4, -0.2) is 15.3 Å². The number of halogens is 5. The predicted molar refractivity (Wildman–Crippen MR) is 77.4 cm³/mol. The van der Waals surface area contributed by atoms with Gasteiger partial charge >= 0.3 is 6.18 Å². The summed E-state index contributed by atoms with van der Waals surface area (Å²) in [5, 5.41) is 9.45. The van der Waals surface area contributed by atoms with Crippen LogP contribution in [0.1, 0.15) is 27.7 Å². The topological polar surface area (TPSA) is 58.7 Å². The highest BCUT2D eigenvalue weighted by atomic mass is 35.5. The molecule has 0 bridgehead atoms. The fourth-order valence-corrected chi connectivity index (χ4v) is 2.31. The Morgan fingerprint density at radius 2 is 2.04 bits per heavy atom. The molecule has 0 saturated carbocycles. The highest BCUT2D eigenvalue weighted by Gasteiger charge is 2.32. The van der Waals surface area contributed by atoms with Crippen molar-refractivity contribution >= 4 is 29.0 Å². The summed E-state index contributed by atoms with van der Waals surface area (Å²) in [6.07, 6.45) is -3.96. The molecule has 2 aromatic rings. The van der Waals surface area contributed by atoms with Crippen LogP contribution in [0.4, 0.5) is 13.2 Å². The van der Waals surface area contributed by atoms with E-state index in [4.69, 9.17) is 23.2 Å². The smallest absolute Gasteiger partial charge is 0.331 e. The van der Waals surface area contributed by atoms with Crippen molar-refractivity contribution in [3.63, 3.8) is 0 Å². The van der Waals surface area contributed by atoms with E-state index >= 15 is 0 Å². The van der Waals surface area contributed by atoms with Crippen LogP contribution in [0.15, 0.2) is 24.4 Å². The molecule has 0 N–H and O–H groups in total. The van der Waals surface area contributed by atoms with Gasteiger partial charge < -0.3 is 4.57 Å². The highest BCUT2D eigenvalue weighted by Crippen LogP contribution is 2.31. The minimum atomic E-state index is -4.54. The summed E-state index contributed by atoms with van der Waals surface area (Å²) in [6.45, 7) is 0. The number of alkyl halides is 3. The molecule has 0 aliphatic heterocycles. The zero-order valence-electron chi connectivity index (χ0n) is 11.5. The Morgan fingerprint density at radius 1 is 1.39 bits per heavy atom. The first-order valence-electron chi connectivity index (χ1n) is 6.14. The van der Waals surface area contributed by atoms with E-state index in [2.05, 4.69) is 4.98 Å². The number of aromatic nitrogens is 2. The highest BCUT2D eigenvalue weighted by molar-refractivity contribution is 6.42. The molecule has 2 heterocycles. The van der Waals surface area contributed by atoms with E-state index in [1.807, 2.05) is 0 Å². The zero-order valence-corrected chi connectivity index (χ0v) is 13.0. The van der Waals surface area contributed by atoms with Crippen molar-refractivity contribution in [1.29, 1.82) is 5.26 Å². The van der Waals surface area contributed by atoms with Gasteiger partial charge in [0.05, 0.1) is 28.0 Å². The normalized spacial score (nSPS) is 12.7. The monoisotopic (exact) mass is 361 g/mol. The van der Waals surface area contributed by atoms with Gasteiger partial charge in [-0.1, -0.05) is 23.2 Å². The predicted octanol–water partition coefficient (Wildman–Crippen LogP) is 4.24. The number of pyridine rings is 1. The van der Waals surface area contributed by atoms with Crippen molar-refractivity contribution in [2.45, 2.75) is 12.1 Å². The molecule has 120 valence electrons. The average molecular weight is 362 g/mol. The Morgan fingerprint density at radius 3 is 2.43 bits per heavy atom. The van der Waals surface area contributed by atoms with E-state index in [1.165, 1.54) is 17.7 Å². The van der Waals surface area contributed by atoms with Crippen LogP contribution in [0.25, 0.3) is 0 Å². The molecule has 0 spiro atoms. The van der Waals surface area contributed by atoms with Gasteiger partial charge in [0.2, 0.25) is 5.78 Å². The lowest BCUT2D eigenvalue weighted by molar-refractivity contribution is -0.137. The van der Waals surface area contributed by atoms with Gasteiger partial charge in [0, 0.05) is 13.2 Å². The number of rotatable bonds is 3. The van der Waals surface area contributed by atoms with Crippen LogP contribution >= 0.6 is 23.2 Å². The maximum Gasteiger partial charge on any atom is 0.417 e. The minimum absolute atomic E-state index is 0.0632. The van der Waals surface area contributed by atoms with Crippen molar-refractivity contribution in [3.8, 4) is 6.07 Å². The van der Waals surface area contributed by atoms with Crippen molar-refractivity contribution in [2.24, 2.45) is 7.05 Å². The van der Waals surface area contributed by atoms with E-state index in [0.29, 0.717) is 6.20 Å². The summed E-state index contributed by atoms with van der Waals surface area (Å²) < 4.78 is 38.9. The third kappa shape index (κ3) is 3.33. The third-order valence-corrected chi connectivity index (χ3v) is 4.01. The van der Waals surface area contributed by atoms with Gasteiger partial charge in [0.25, 0.3) is 0 Å². The first-order chi connectivity index (χ1) is 10.7. The Balaban J connectivity index is 2.38. The van der Waals surface area contributed by atoms with Crippen LogP contribution in [-0.2, 0) is 13.2 Å². The summed E-state index contributed by atoms with van der Waals surface area (Å²) in [5.41, 5.74) is -0.984. The standard InChI is InChI=1S/C14H8Cl2F3N3O/c1-22-11(4-9(15)13(22)16)12(23)8(5-20)10-3-2-7(6-21-10)14(17,18)19/h2-4,6,8H,1H3/t8-/m1/s1. The number of Topliss-reactive ketones (excluding diaryl/α,β-unsaturated/α-hetero) is 1. The molecule has 0 aliphatic rings. The van der Waals surface area contributed by atoms with Crippen molar-refractivity contribution in [2.75, 3.05) is 0 Å². The Hall–Kier alpha value is -2.04. The number of hydrogen-bond acceptors (Lipinski definition) is 3. The molecule has 0 amide bonds. The lowest BCUT2D eigenvalue weighted by Gasteiger charge is -2.10. The summed E-state index contributed by atoms with van der Waals surface area (Å²) in [5.74, 6) is -2.02. The minimum Gasteiger partial charge on any atom is -0.331 e. The van der Waals surface area contributed by atoms with Gasteiger partial charge in [-0.15, -0.1) is 0 Å². The molecular weight excluding hydrogens is 354 g/mol. The molecule has 9 heteroatoms. The largest absolute Gasteiger partial charge is 0.417 e. The van der Waals surface area contributed by atoms with Crippen LogP contribution in [0.3, 0.4) is 0 Å². The number of carbonyl (C=O) groups excluding carboxylic acids is 1. The van der Waals surface area contributed by atoms with Gasteiger partial charge in [-0.05, 0) is 18.2 Å². The Labute approximate surface area is 139 Å². The van der Waals surface area contributed by atoms with E-state index < -0.39 is 23.4 Å². The quantitative estimate of drug-likeness (QED) is 0.768. The molecule has 0 fully saturated rings. The second-order valence-electron chi connectivity index (χ2n) is 4.62. The fourth-order valence-electron chi connectivity index (χ4n) is 1.93. The van der Waals surface area contributed by atoms with Gasteiger partial charge in [0.1, 0.15) is 5.15 Å². The molecule has 2 rings (SSSR count). The summed E-state index contributed by atoms with van der Waals surface area (Å²) in [6, 6.07) is 4.80. The lowest BCUT2D eigenvalue weighted by atomic mass is 9.98. The molecule has 0 radical (unpaired) electrons. The Kier molecular flexibility index (Phi) is 4.68. The van der Waals surface area contributed by atoms with Crippen LogP contribution < -0.4 is 0 Å².